The highest BCUT2D eigenvalue weighted by molar-refractivity contribution is 7.27. The van der Waals surface area contributed by atoms with Crippen LogP contribution in [0.2, 0.25) is 0 Å². The van der Waals surface area contributed by atoms with Crippen molar-refractivity contribution in [1.82, 2.24) is 4.37 Å². The first-order valence-electron chi connectivity index (χ1n) is 5.76. The zero-order chi connectivity index (χ0) is 12.3. The van der Waals surface area contributed by atoms with Gasteiger partial charge in [0.15, 0.2) is 0 Å². The maximum Gasteiger partial charge on any atom is 0.0689 e. The molecule has 1 aromatic carbocycles. The van der Waals surface area contributed by atoms with E-state index in [4.69, 9.17) is 0 Å². The van der Waals surface area contributed by atoms with Crippen molar-refractivity contribution in [1.29, 1.82) is 0 Å². The Bertz CT molecular complexity index is 593. The summed E-state index contributed by atoms with van der Waals surface area (Å²) in [5.41, 5.74) is 2.45. The largest absolute Gasteiger partial charge is 0.196 e. The van der Waals surface area contributed by atoms with E-state index in [1.54, 1.807) is 11.5 Å². The summed E-state index contributed by atoms with van der Waals surface area (Å²) >= 11 is 3.42. The molecule has 3 heteroatoms. The Labute approximate surface area is 110 Å². The minimum atomic E-state index is 1.15. The van der Waals surface area contributed by atoms with Gasteiger partial charge in [0.2, 0.25) is 0 Å². The number of nitrogens with zero attached hydrogens (tertiary/aromatic N) is 1. The fourth-order valence-electron chi connectivity index (χ4n) is 1.60. The average molecular weight is 261 g/mol. The monoisotopic (exact) mass is 261 g/mol. The van der Waals surface area contributed by atoms with Crippen molar-refractivity contribution in [2.45, 2.75) is 20.8 Å². The molecule has 0 saturated heterocycles. The number of hydrogen-bond acceptors (Lipinski definition) is 3. The van der Waals surface area contributed by atoms with Crippen LogP contribution in [0, 0.1) is 6.92 Å². The van der Waals surface area contributed by atoms with Crippen LogP contribution in [0.5, 0.6) is 0 Å². The van der Waals surface area contributed by atoms with E-state index in [0.717, 1.165) is 5.69 Å². The third kappa shape index (κ3) is 2.40. The number of rotatable bonds is 1. The molecule has 0 aliphatic carbocycles. The summed E-state index contributed by atoms with van der Waals surface area (Å²) in [7, 11) is 0. The van der Waals surface area contributed by atoms with Gasteiger partial charge in [-0.3, -0.25) is 0 Å². The van der Waals surface area contributed by atoms with E-state index in [-0.39, 0.29) is 0 Å². The SMILES string of the molecule is CC.Cc1nsc2cc(-c3ccccc3)sc12. The summed E-state index contributed by atoms with van der Waals surface area (Å²) in [5, 5.41) is 0. The molecule has 0 spiro atoms. The second kappa shape index (κ2) is 5.43. The Hall–Kier alpha value is -1.19. The van der Waals surface area contributed by atoms with Gasteiger partial charge in [-0.1, -0.05) is 44.2 Å². The van der Waals surface area contributed by atoms with Gasteiger partial charge < -0.3 is 0 Å². The Morgan fingerprint density at radius 1 is 1.06 bits per heavy atom. The standard InChI is InChI=1S/C12H9NS2.C2H6/c1-8-12-11(15-13-8)7-10(14-12)9-5-3-2-4-6-9;1-2/h2-7H,1H3;1-2H3. The normalized spacial score (nSPS) is 10.1. The molecular weight excluding hydrogens is 246 g/mol. The molecule has 17 heavy (non-hydrogen) atoms. The summed E-state index contributed by atoms with van der Waals surface area (Å²) in [4.78, 5) is 1.34. The van der Waals surface area contributed by atoms with Gasteiger partial charge in [0.25, 0.3) is 0 Å². The molecule has 2 heterocycles. The molecule has 2 aromatic heterocycles. The van der Waals surface area contributed by atoms with E-state index in [0.29, 0.717) is 0 Å². The van der Waals surface area contributed by atoms with Gasteiger partial charge in [-0.15, -0.1) is 11.3 Å². The fraction of sp³-hybridized carbons (Fsp3) is 0.214. The van der Waals surface area contributed by atoms with Crippen LogP contribution >= 0.6 is 22.9 Å². The number of thiophene rings is 1. The highest BCUT2D eigenvalue weighted by Crippen LogP contribution is 2.36. The predicted octanol–water partition coefficient (Wildman–Crippen LogP) is 5.36. The molecule has 0 aliphatic rings. The Kier molecular flexibility index (Phi) is 3.92. The van der Waals surface area contributed by atoms with Crippen LogP contribution in [-0.4, -0.2) is 4.37 Å². The van der Waals surface area contributed by atoms with E-state index >= 15 is 0 Å². The lowest BCUT2D eigenvalue weighted by molar-refractivity contribution is 1.38. The number of aryl methyl sites for hydroxylation is 1. The summed E-state index contributed by atoms with van der Waals surface area (Å²) in [6.45, 7) is 6.07. The Morgan fingerprint density at radius 2 is 1.76 bits per heavy atom. The second-order valence-electron chi connectivity index (χ2n) is 3.44. The third-order valence-electron chi connectivity index (χ3n) is 2.37. The lowest BCUT2D eigenvalue weighted by Gasteiger charge is -1.93. The van der Waals surface area contributed by atoms with Crippen molar-refractivity contribution < 1.29 is 0 Å². The molecule has 1 nitrogen and oxygen atoms in total. The Balaban J connectivity index is 0.000000514. The molecule has 3 rings (SSSR count). The molecule has 0 aliphatic heterocycles. The zero-order valence-corrected chi connectivity index (χ0v) is 11.9. The van der Waals surface area contributed by atoms with E-state index in [1.165, 1.54) is 19.8 Å². The lowest BCUT2D eigenvalue weighted by Crippen LogP contribution is -1.68. The number of hydrogen-bond donors (Lipinski definition) is 0. The molecule has 88 valence electrons. The van der Waals surface area contributed by atoms with Crippen molar-refractivity contribution in [3.8, 4) is 10.4 Å². The van der Waals surface area contributed by atoms with Crippen LogP contribution in [0.3, 0.4) is 0 Å². The number of benzene rings is 1. The molecular formula is C14H15NS2. The summed E-state index contributed by atoms with van der Waals surface area (Å²) in [6, 6.07) is 12.7. The highest BCUT2D eigenvalue weighted by atomic mass is 32.1. The maximum absolute atomic E-state index is 4.34. The van der Waals surface area contributed by atoms with E-state index < -0.39 is 0 Å². The van der Waals surface area contributed by atoms with Crippen molar-refractivity contribution in [3.63, 3.8) is 0 Å². The molecule has 0 saturated carbocycles. The van der Waals surface area contributed by atoms with Crippen LogP contribution in [0.1, 0.15) is 19.5 Å². The van der Waals surface area contributed by atoms with Crippen molar-refractivity contribution in [3.05, 3.63) is 42.1 Å². The topological polar surface area (TPSA) is 12.9 Å². The molecule has 0 fully saturated rings. The van der Waals surface area contributed by atoms with Gasteiger partial charge in [0.1, 0.15) is 0 Å². The molecule has 0 atom stereocenters. The van der Waals surface area contributed by atoms with Crippen molar-refractivity contribution in [2.24, 2.45) is 0 Å². The number of fused-ring (bicyclic) bond motifs is 1. The van der Waals surface area contributed by atoms with E-state index in [9.17, 15) is 0 Å². The zero-order valence-electron chi connectivity index (χ0n) is 10.2. The minimum Gasteiger partial charge on any atom is -0.196 e. The van der Waals surface area contributed by atoms with Crippen molar-refractivity contribution in [2.75, 3.05) is 0 Å². The van der Waals surface area contributed by atoms with Gasteiger partial charge in [-0.2, -0.15) is 4.37 Å². The second-order valence-corrected chi connectivity index (χ2v) is 5.30. The summed E-state index contributed by atoms with van der Waals surface area (Å²) in [6.07, 6.45) is 0. The van der Waals surface area contributed by atoms with Gasteiger partial charge in [-0.25, -0.2) is 0 Å². The first-order chi connectivity index (χ1) is 8.34. The first kappa shape index (κ1) is 12.3. The van der Waals surface area contributed by atoms with E-state index in [2.05, 4.69) is 41.6 Å². The van der Waals surface area contributed by atoms with Crippen LogP contribution < -0.4 is 0 Å². The molecule has 0 amide bonds. The van der Waals surface area contributed by atoms with Crippen molar-refractivity contribution >= 4 is 32.3 Å². The van der Waals surface area contributed by atoms with Gasteiger partial charge in [-0.05, 0) is 30.1 Å². The fourth-order valence-corrected chi connectivity index (χ4v) is 3.70. The molecule has 0 radical (unpaired) electrons. The molecule has 3 aromatic rings. The van der Waals surface area contributed by atoms with Crippen LogP contribution in [0.4, 0.5) is 0 Å². The minimum absolute atomic E-state index is 1.15. The summed E-state index contributed by atoms with van der Waals surface area (Å²) < 4.78 is 6.98. The summed E-state index contributed by atoms with van der Waals surface area (Å²) in [5.74, 6) is 0. The average Bonchev–Trinajstić information content (AvgIpc) is 2.96. The quantitative estimate of drug-likeness (QED) is 0.574. The van der Waals surface area contributed by atoms with E-state index in [1.807, 2.05) is 31.3 Å². The predicted molar refractivity (Wildman–Crippen MR) is 79.0 cm³/mol. The van der Waals surface area contributed by atoms with Crippen LogP contribution in [0.15, 0.2) is 36.4 Å². The van der Waals surface area contributed by atoms with Crippen LogP contribution in [0.25, 0.3) is 19.8 Å². The molecule has 0 bridgehead atoms. The van der Waals surface area contributed by atoms with Gasteiger partial charge >= 0.3 is 0 Å². The number of aromatic nitrogens is 1. The maximum atomic E-state index is 4.34. The lowest BCUT2D eigenvalue weighted by atomic mass is 10.2. The molecule has 0 unspecified atom stereocenters. The van der Waals surface area contributed by atoms with Crippen LogP contribution in [-0.2, 0) is 0 Å². The van der Waals surface area contributed by atoms with Gasteiger partial charge in [0, 0.05) is 4.88 Å². The van der Waals surface area contributed by atoms with Gasteiger partial charge in [0.05, 0.1) is 15.1 Å². The smallest absolute Gasteiger partial charge is 0.0689 e. The molecule has 0 N–H and O–H groups in total. The Morgan fingerprint density at radius 3 is 2.41 bits per heavy atom. The first-order valence-corrected chi connectivity index (χ1v) is 7.35. The third-order valence-corrected chi connectivity index (χ3v) is 4.67. The highest BCUT2D eigenvalue weighted by Gasteiger charge is 2.08.